The molecule has 5 heteroatoms. The number of ketones is 1. The first-order valence-corrected chi connectivity index (χ1v) is 3.14. The van der Waals surface area contributed by atoms with Crippen LogP contribution in [0.25, 0.3) is 0 Å². The summed E-state index contributed by atoms with van der Waals surface area (Å²) >= 11 is 0. The molecule has 11 heavy (non-hydrogen) atoms. The van der Waals surface area contributed by atoms with Crippen molar-refractivity contribution in [3.05, 3.63) is 12.0 Å². The average molecular weight is 151 g/mol. The first-order valence-electron chi connectivity index (χ1n) is 3.14. The van der Waals surface area contributed by atoms with Crippen molar-refractivity contribution < 1.29 is 9.59 Å². The molecule has 0 radical (unpaired) electrons. The van der Waals surface area contributed by atoms with Gasteiger partial charge in [-0.2, -0.15) is 0 Å². The summed E-state index contributed by atoms with van der Waals surface area (Å²) in [6, 6.07) is 0. The SMILES string of the molecule is O=C1CC(=O)c2[nH]cnc2N1. The monoisotopic (exact) mass is 151 g/mol. The molecule has 1 aromatic heterocycles. The fourth-order valence-corrected chi connectivity index (χ4v) is 1.01. The fraction of sp³-hybridized carbons (Fsp3) is 0.167. The van der Waals surface area contributed by atoms with E-state index in [2.05, 4.69) is 15.3 Å². The van der Waals surface area contributed by atoms with Crippen molar-refractivity contribution in [3.63, 3.8) is 0 Å². The second-order valence-electron chi connectivity index (χ2n) is 2.27. The third-order valence-electron chi connectivity index (χ3n) is 1.50. The Morgan fingerprint density at radius 1 is 1.45 bits per heavy atom. The van der Waals surface area contributed by atoms with Gasteiger partial charge in [0, 0.05) is 0 Å². The van der Waals surface area contributed by atoms with Crippen LogP contribution < -0.4 is 5.32 Å². The third kappa shape index (κ3) is 0.813. The van der Waals surface area contributed by atoms with Crippen LogP contribution in [0.2, 0.25) is 0 Å². The van der Waals surface area contributed by atoms with Gasteiger partial charge in [0.2, 0.25) is 5.91 Å². The van der Waals surface area contributed by atoms with Crippen molar-refractivity contribution in [1.82, 2.24) is 9.97 Å². The number of H-pyrrole nitrogens is 1. The standard InChI is InChI=1S/C6H5N3O2/c10-3-1-4(11)9-6-5(3)7-2-8-6/h2H,1H2,(H,7,8)(H,9,11). The molecule has 0 aromatic carbocycles. The molecule has 1 aliphatic rings. The normalized spacial score (nSPS) is 16.0. The summed E-state index contributed by atoms with van der Waals surface area (Å²) in [6.07, 6.45) is 1.29. The topological polar surface area (TPSA) is 74.8 Å². The zero-order valence-corrected chi connectivity index (χ0v) is 5.55. The number of aromatic nitrogens is 2. The summed E-state index contributed by atoms with van der Waals surface area (Å²) in [6.45, 7) is 0. The number of nitrogens with one attached hydrogen (secondary N) is 2. The van der Waals surface area contributed by atoms with Gasteiger partial charge in [-0.25, -0.2) is 4.98 Å². The predicted octanol–water partition coefficient (Wildman–Crippen LogP) is -0.0654. The van der Waals surface area contributed by atoms with Crippen molar-refractivity contribution >= 4 is 17.5 Å². The molecule has 0 saturated heterocycles. The maximum atomic E-state index is 11.0. The van der Waals surface area contributed by atoms with Crippen LogP contribution in [0, 0.1) is 0 Å². The van der Waals surface area contributed by atoms with Crippen LogP contribution in [0.1, 0.15) is 16.9 Å². The summed E-state index contributed by atoms with van der Waals surface area (Å²) in [5.74, 6) is -0.165. The Labute approximate surface area is 61.8 Å². The van der Waals surface area contributed by atoms with Gasteiger partial charge in [0.1, 0.15) is 5.69 Å². The van der Waals surface area contributed by atoms with Crippen LogP contribution in [0.15, 0.2) is 6.33 Å². The minimum atomic E-state index is -0.297. The molecule has 2 rings (SSSR count). The lowest BCUT2D eigenvalue weighted by atomic mass is 10.1. The molecule has 0 bridgehead atoms. The molecule has 1 aromatic rings. The van der Waals surface area contributed by atoms with Crippen molar-refractivity contribution in [1.29, 1.82) is 0 Å². The van der Waals surface area contributed by atoms with E-state index >= 15 is 0 Å². The van der Waals surface area contributed by atoms with Gasteiger partial charge in [-0.3, -0.25) is 9.59 Å². The van der Waals surface area contributed by atoms with Crippen LogP contribution in [0.3, 0.4) is 0 Å². The first-order chi connectivity index (χ1) is 5.27. The number of rotatable bonds is 0. The maximum absolute atomic E-state index is 11.0. The Balaban J connectivity index is 2.52. The molecule has 0 spiro atoms. The number of hydrogen-bond donors (Lipinski definition) is 2. The van der Waals surface area contributed by atoms with E-state index in [0.29, 0.717) is 11.5 Å². The van der Waals surface area contributed by atoms with Gasteiger partial charge < -0.3 is 10.3 Å². The summed E-state index contributed by atoms with van der Waals surface area (Å²) in [4.78, 5) is 28.2. The Morgan fingerprint density at radius 2 is 2.27 bits per heavy atom. The van der Waals surface area contributed by atoms with E-state index in [1.807, 2.05) is 0 Å². The molecule has 1 amide bonds. The number of carbonyl (C=O) groups is 2. The van der Waals surface area contributed by atoms with E-state index in [1.54, 1.807) is 0 Å². The van der Waals surface area contributed by atoms with E-state index in [-0.39, 0.29) is 18.1 Å². The number of carbonyl (C=O) groups excluding carboxylic acids is 2. The van der Waals surface area contributed by atoms with Gasteiger partial charge in [-0.1, -0.05) is 0 Å². The molecule has 0 unspecified atom stereocenters. The number of anilines is 1. The highest BCUT2D eigenvalue weighted by Gasteiger charge is 2.24. The lowest BCUT2D eigenvalue weighted by Crippen LogP contribution is -2.23. The Kier molecular flexibility index (Phi) is 1.06. The van der Waals surface area contributed by atoms with Crippen molar-refractivity contribution in [2.24, 2.45) is 0 Å². The Hall–Kier alpha value is -1.65. The second-order valence-corrected chi connectivity index (χ2v) is 2.27. The van der Waals surface area contributed by atoms with E-state index in [1.165, 1.54) is 6.33 Å². The first kappa shape index (κ1) is 6.09. The number of Topliss-reactive ketones (excluding diaryl/α,β-unsaturated/α-hetero) is 1. The summed E-state index contributed by atoms with van der Waals surface area (Å²) in [5.41, 5.74) is 0.393. The molecule has 1 aliphatic heterocycles. The smallest absolute Gasteiger partial charge is 0.233 e. The lowest BCUT2D eigenvalue weighted by Gasteiger charge is -2.08. The second kappa shape index (κ2) is 1.91. The van der Waals surface area contributed by atoms with Crippen LogP contribution in [0.4, 0.5) is 5.82 Å². The highest BCUT2D eigenvalue weighted by atomic mass is 16.2. The number of nitrogens with zero attached hydrogens (tertiary/aromatic N) is 1. The summed E-state index contributed by atoms with van der Waals surface area (Å²) in [5, 5.41) is 2.47. The molecule has 0 atom stereocenters. The minimum Gasteiger partial charge on any atom is -0.340 e. The van der Waals surface area contributed by atoms with Gasteiger partial charge in [-0.05, 0) is 0 Å². The largest absolute Gasteiger partial charge is 0.340 e. The quantitative estimate of drug-likeness (QED) is 0.510. The highest BCUT2D eigenvalue weighted by molar-refractivity contribution is 6.16. The van der Waals surface area contributed by atoms with Crippen molar-refractivity contribution in [3.8, 4) is 0 Å². The molecule has 5 nitrogen and oxygen atoms in total. The van der Waals surface area contributed by atoms with E-state index < -0.39 is 0 Å². The van der Waals surface area contributed by atoms with Gasteiger partial charge in [0.15, 0.2) is 11.6 Å². The Bertz CT molecular complexity index is 328. The maximum Gasteiger partial charge on any atom is 0.233 e. The number of imidazole rings is 1. The van der Waals surface area contributed by atoms with Gasteiger partial charge in [0.05, 0.1) is 12.7 Å². The average Bonchev–Trinajstić information content (AvgIpc) is 2.34. The molecular formula is C6H5N3O2. The number of fused-ring (bicyclic) bond motifs is 1. The molecule has 0 saturated carbocycles. The van der Waals surface area contributed by atoms with Crippen LogP contribution >= 0.6 is 0 Å². The number of amides is 1. The summed E-state index contributed by atoms with van der Waals surface area (Å²) in [7, 11) is 0. The summed E-state index contributed by atoms with van der Waals surface area (Å²) < 4.78 is 0. The fourth-order valence-electron chi connectivity index (χ4n) is 1.01. The van der Waals surface area contributed by atoms with Crippen LogP contribution in [0.5, 0.6) is 0 Å². The van der Waals surface area contributed by atoms with Crippen LogP contribution in [-0.2, 0) is 4.79 Å². The zero-order valence-electron chi connectivity index (χ0n) is 5.55. The highest BCUT2D eigenvalue weighted by Crippen LogP contribution is 2.16. The van der Waals surface area contributed by atoms with Crippen LogP contribution in [-0.4, -0.2) is 21.7 Å². The van der Waals surface area contributed by atoms with Gasteiger partial charge >= 0.3 is 0 Å². The zero-order chi connectivity index (χ0) is 7.84. The van der Waals surface area contributed by atoms with E-state index in [0.717, 1.165) is 0 Å². The Morgan fingerprint density at radius 3 is 3.09 bits per heavy atom. The van der Waals surface area contributed by atoms with Gasteiger partial charge in [0.25, 0.3) is 0 Å². The van der Waals surface area contributed by atoms with E-state index in [4.69, 9.17) is 0 Å². The lowest BCUT2D eigenvalue weighted by molar-refractivity contribution is -0.115. The molecule has 56 valence electrons. The van der Waals surface area contributed by atoms with E-state index in [9.17, 15) is 9.59 Å². The number of aromatic amines is 1. The minimum absolute atomic E-state index is 0.0881. The predicted molar refractivity (Wildman–Crippen MR) is 36.2 cm³/mol. The molecule has 2 N–H and O–H groups in total. The van der Waals surface area contributed by atoms with Crippen molar-refractivity contribution in [2.75, 3.05) is 5.32 Å². The molecule has 2 heterocycles. The van der Waals surface area contributed by atoms with Crippen molar-refractivity contribution in [2.45, 2.75) is 6.42 Å². The van der Waals surface area contributed by atoms with Gasteiger partial charge in [-0.15, -0.1) is 0 Å². The molecular weight excluding hydrogens is 146 g/mol. The third-order valence-corrected chi connectivity index (χ3v) is 1.50. The molecule has 0 aliphatic carbocycles. The molecule has 0 fully saturated rings. The number of hydrogen-bond acceptors (Lipinski definition) is 3.